The summed E-state index contributed by atoms with van der Waals surface area (Å²) in [7, 11) is 1.85. The molecule has 0 N–H and O–H groups in total. The van der Waals surface area contributed by atoms with E-state index in [1.807, 2.05) is 32.7 Å². The van der Waals surface area contributed by atoms with Crippen molar-refractivity contribution in [1.29, 1.82) is 0 Å². The average molecular weight is 420 g/mol. The number of nitrogens with zero attached hydrogens (tertiary/aromatic N) is 3. The lowest BCUT2D eigenvalue weighted by Gasteiger charge is -2.38. The van der Waals surface area contributed by atoms with E-state index in [1.165, 1.54) is 30.0 Å². The lowest BCUT2D eigenvalue weighted by atomic mass is 9.94. The minimum atomic E-state index is -0.892. The van der Waals surface area contributed by atoms with Gasteiger partial charge in [0.05, 0.1) is 21.3 Å². The van der Waals surface area contributed by atoms with Crippen LogP contribution in [0.3, 0.4) is 0 Å². The summed E-state index contributed by atoms with van der Waals surface area (Å²) in [5.41, 5.74) is -0.880. The minimum Gasteiger partial charge on any atom is -0.352 e. The fraction of sp³-hybridized carbons (Fsp3) is 0.400. The molecule has 25 heavy (non-hydrogen) atoms. The van der Waals surface area contributed by atoms with Gasteiger partial charge in [0, 0.05) is 7.05 Å². The topological polar surface area (TPSA) is 60.4 Å². The molecule has 1 unspecified atom stereocenters. The first-order chi connectivity index (χ1) is 11.5. The molecule has 1 aromatic carbocycles. The van der Waals surface area contributed by atoms with Gasteiger partial charge in [-0.25, -0.2) is 9.59 Å². The Morgan fingerprint density at radius 1 is 1.16 bits per heavy atom. The highest BCUT2D eigenvalue weighted by molar-refractivity contribution is 8.23. The SMILES string of the molecule is CN1C(=S)SC(C)(n2oc(=O)n(-c3ccc(Cl)c(Cl)c3)c2=O)C1(C)C. The number of benzene rings is 1. The maximum atomic E-state index is 13.0. The number of thiocarbonyl (C=S) groups is 1. The van der Waals surface area contributed by atoms with Gasteiger partial charge < -0.3 is 9.42 Å². The molecule has 1 atom stereocenters. The van der Waals surface area contributed by atoms with Gasteiger partial charge in [0.15, 0.2) is 4.87 Å². The standard InChI is InChI=1S/C15H15Cl2N3O3S2/c1-14(2)15(3,25-13(24)18(14)4)20-11(21)19(12(22)23-20)8-5-6-9(16)10(17)7-8/h5-7H,1-4H3. The second-order valence-corrected chi connectivity index (χ2v) is 9.18. The van der Waals surface area contributed by atoms with Crippen LogP contribution in [0, 0.1) is 0 Å². The highest BCUT2D eigenvalue weighted by Crippen LogP contribution is 2.50. The molecule has 6 nitrogen and oxygen atoms in total. The number of thioether (sulfide) groups is 1. The second-order valence-electron chi connectivity index (χ2n) is 6.34. The number of likely N-dealkylation sites (N-methyl/N-ethyl adjacent to an activating group) is 1. The molecule has 1 fully saturated rings. The maximum Gasteiger partial charge on any atom is 0.447 e. The predicted octanol–water partition coefficient (Wildman–Crippen LogP) is 3.31. The molecule has 3 rings (SSSR count). The summed E-state index contributed by atoms with van der Waals surface area (Å²) < 4.78 is 7.94. The molecule has 0 bridgehead atoms. The molecule has 0 aliphatic carbocycles. The van der Waals surface area contributed by atoms with Crippen molar-refractivity contribution in [2.75, 3.05) is 7.05 Å². The fourth-order valence-electron chi connectivity index (χ4n) is 2.63. The zero-order valence-corrected chi connectivity index (χ0v) is 17.0. The summed E-state index contributed by atoms with van der Waals surface area (Å²) in [5.74, 6) is -0.804. The Morgan fingerprint density at radius 2 is 1.80 bits per heavy atom. The lowest BCUT2D eigenvalue weighted by Crippen LogP contribution is -2.53. The van der Waals surface area contributed by atoms with Crippen LogP contribution in [0.5, 0.6) is 0 Å². The molecule has 0 radical (unpaired) electrons. The predicted molar refractivity (Wildman–Crippen MR) is 104 cm³/mol. The van der Waals surface area contributed by atoms with Gasteiger partial charge >= 0.3 is 11.4 Å². The molecule has 1 aliphatic heterocycles. The third kappa shape index (κ3) is 2.58. The van der Waals surface area contributed by atoms with Crippen LogP contribution in [0.15, 0.2) is 32.3 Å². The molecular weight excluding hydrogens is 405 g/mol. The first kappa shape index (κ1) is 18.6. The van der Waals surface area contributed by atoms with Crippen LogP contribution >= 0.6 is 47.2 Å². The number of hydrogen-bond acceptors (Lipinski definition) is 5. The van der Waals surface area contributed by atoms with Crippen LogP contribution in [0.2, 0.25) is 10.0 Å². The van der Waals surface area contributed by atoms with Crippen LogP contribution in [0.1, 0.15) is 20.8 Å². The van der Waals surface area contributed by atoms with E-state index >= 15 is 0 Å². The Balaban J connectivity index is 2.22. The summed E-state index contributed by atoms with van der Waals surface area (Å²) in [6, 6.07) is 4.49. The van der Waals surface area contributed by atoms with Crippen LogP contribution in [-0.2, 0) is 4.87 Å². The summed E-state index contributed by atoms with van der Waals surface area (Å²) in [6.07, 6.45) is 0. The van der Waals surface area contributed by atoms with Gasteiger partial charge in [0.1, 0.15) is 4.32 Å². The third-order valence-corrected chi connectivity index (χ3v) is 7.57. The van der Waals surface area contributed by atoms with Crippen molar-refractivity contribution in [2.24, 2.45) is 0 Å². The number of halogens is 2. The van der Waals surface area contributed by atoms with Crippen molar-refractivity contribution in [3.8, 4) is 5.69 Å². The Labute approximate surface area is 163 Å². The molecule has 1 aromatic heterocycles. The third-order valence-electron chi connectivity index (χ3n) is 4.80. The molecule has 1 aliphatic rings. The number of hydrogen-bond donors (Lipinski definition) is 0. The Kier molecular flexibility index (Phi) is 4.39. The van der Waals surface area contributed by atoms with Crippen LogP contribution in [0.4, 0.5) is 0 Å². The molecule has 0 amide bonds. The van der Waals surface area contributed by atoms with Gasteiger partial charge in [0.2, 0.25) is 0 Å². The molecule has 0 spiro atoms. The van der Waals surface area contributed by atoms with Crippen molar-refractivity contribution >= 4 is 51.5 Å². The smallest absolute Gasteiger partial charge is 0.352 e. The van der Waals surface area contributed by atoms with Gasteiger partial charge in [-0.3, -0.25) is 0 Å². The Bertz CT molecular complexity index is 995. The fourth-order valence-corrected chi connectivity index (χ4v) is 4.93. The molecule has 1 saturated heterocycles. The summed E-state index contributed by atoms with van der Waals surface area (Å²) in [5, 5.41) is 0.564. The minimum absolute atomic E-state index is 0.237. The molecule has 10 heteroatoms. The maximum absolute atomic E-state index is 13.0. The average Bonchev–Trinajstić information content (AvgIpc) is 2.91. The van der Waals surface area contributed by atoms with Crippen LogP contribution in [0.25, 0.3) is 5.69 Å². The zero-order valence-electron chi connectivity index (χ0n) is 13.9. The van der Waals surface area contributed by atoms with Gasteiger partial charge in [0.25, 0.3) is 0 Å². The van der Waals surface area contributed by atoms with Crippen LogP contribution in [-0.4, -0.2) is 31.1 Å². The normalized spacial score (nSPS) is 22.6. The molecule has 2 aromatic rings. The van der Waals surface area contributed by atoms with E-state index in [2.05, 4.69) is 0 Å². The van der Waals surface area contributed by atoms with E-state index in [0.717, 1.165) is 9.31 Å². The highest BCUT2D eigenvalue weighted by Gasteiger charge is 2.56. The van der Waals surface area contributed by atoms with Gasteiger partial charge in [-0.2, -0.15) is 4.57 Å². The van der Waals surface area contributed by atoms with E-state index in [-0.39, 0.29) is 10.7 Å². The lowest BCUT2D eigenvalue weighted by molar-refractivity contribution is 0.0797. The van der Waals surface area contributed by atoms with E-state index in [9.17, 15) is 9.59 Å². The van der Waals surface area contributed by atoms with Crippen molar-refractivity contribution in [3.63, 3.8) is 0 Å². The quantitative estimate of drug-likeness (QED) is 0.695. The van der Waals surface area contributed by atoms with Gasteiger partial charge in [-0.1, -0.05) is 47.2 Å². The molecule has 134 valence electrons. The number of aromatic nitrogens is 2. The van der Waals surface area contributed by atoms with Crippen LogP contribution < -0.4 is 11.4 Å². The summed E-state index contributed by atoms with van der Waals surface area (Å²) >= 11 is 18.6. The van der Waals surface area contributed by atoms with Gasteiger partial charge in [-0.15, -0.1) is 4.74 Å². The van der Waals surface area contributed by atoms with E-state index in [0.29, 0.717) is 9.34 Å². The summed E-state index contributed by atoms with van der Waals surface area (Å²) in [4.78, 5) is 26.3. The van der Waals surface area contributed by atoms with E-state index < -0.39 is 21.9 Å². The Morgan fingerprint density at radius 3 is 2.32 bits per heavy atom. The zero-order chi connectivity index (χ0) is 18.7. The largest absolute Gasteiger partial charge is 0.447 e. The monoisotopic (exact) mass is 419 g/mol. The number of rotatable bonds is 2. The second kappa shape index (κ2) is 5.90. The Hall–Kier alpha value is -1.22. The van der Waals surface area contributed by atoms with Crippen molar-refractivity contribution in [3.05, 3.63) is 49.3 Å². The van der Waals surface area contributed by atoms with E-state index in [4.69, 9.17) is 39.9 Å². The molecule has 0 saturated carbocycles. The first-order valence-electron chi connectivity index (χ1n) is 7.29. The first-order valence-corrected chi connectivity index (χ1v) is 9.27. The summed E-state index contributed by atoms with van der Waals surface area (Å²) in [6.45, 7) is 5.68. The molecule has 2 heterocycles. The molecular formula is C15H15Cl2N3O3S2. The van der Waals surface area contributed by atoms with Crippen molar-refractivity contribution in [1.82, 2.24) is 14.2 Å². The van der Waals surface area contributed by atoms with Gasteiger partial charge in [-0.05, 0) is 39.0 Å². The highest BCUT2D eigenvalue weighted by atomic mass is 35.5. The van der Waals surface area contributed by atoms with Crippen molar-refractivity contribution in [2.45, 2.75) is 31.2 Å². The van der Waals surface area contributed by atoms with Crippen molar-refractivity contribution < 1.29 is 4.52 Å². The van der Waals surface area contributed by atoms with E-state index in [1.54, 1.807) is 0 Å².